The smallest absolute Gasteiger partial charge is 0.155 e. The van der Waals surface area contributed by atoms with E-state index in [2.05, 4.69) is 19.2 Å². The van der Waals surface area contributed by atoms with Crippen LogP contribution in [0.5, 0.6) is 0 Å². The number of halogens is 1. The van der Waals surface area contributed by atoms with Gasteiger partial charge in [-0.25, -0.2) is 4.39 Å². The van der Waals surface area contributed by atoms with Gasteiger partial charge in [0.15, 0.2) is 5.78 Å². The van der Waals surface area contributed by atoms with Gasteiger partial charge in [-0.1, -0.05) is 13.8 Å². The predicted molar refractivity (Wildman–Crippen MR) is 126 cm³/mol. The maximum atomic E-state index is 13.4. The Morgan fingerprint density at radius 1 is 1.06 bits per heavy atom. The predicted octanol–water partition coefficient (Wildman–Crippen LogP) is 6.07. The Balaban J connectivity index is 1.29. The Morgan fingerprint density at radius 3 is 2.53 bits per heavy atom. The lowest BCUT2D eigenvalue weighted by Gasteiger charge is -2.57. The number of hydrogen-bond donors (Lipinski definition) is 2. The molecule has 9 atom stereocenters. The molecule has 4 aliphatic carbocycles. The fourth-order valence-corrected chi connectivity index (χ4v) is 9.00. The molecule has 1 aromatic carbocycles. The van der Waals surface area contributed by atoms with Crippen molar-refractivity contribution < 1.29 is 14.3 Å². The van der Waals surface area contributed by atoms with Gasteiger partial charge in [-0.2, -0.15) is 0 Å². The van der Waals surface area contributed by atoms with E-state index in [0.29, 0.717) is 30.1 Å². The number of fused-ring (bicyclic) bond motifs is 5. The summed E-state index contributed by atoms with van der Waals surface area (Å²) in [6.45, 7) is 7.17. The van der Waals surface area contributed by atoms with Crippen LogP contribution in [0.2, 0.25) is 0 Å². The van der Waals surface area contributed by atoms with Crippen molar-refractivity contribution in [3.05, 3.63) is 30.1 Å². The number of Topliss-reactive ketones (excluding diaryl/α,β-unsaturated/α-hetero) is 1. The summed E-state index contributed by atoms with van der Waals surface area (Å²) in [6, 6.07) is 6.28. The number of rotatable bonds is 4. The van der Waals surface area contributed by atoms with Gasteiger partial charge >= 0.3 is 0 Å². The molecule has 4 saturated carbocycles. The van der Waals surface area contributed by atoms with Gasteiger partial charge in [-0.05, 0) is 123 Å². The number of carbonyl (C=O) groups is 1. The average molecular weight is 442 g/mol. The molecule has 176 valence electrons. The second-order valence-electron chi connectivity index (χ2n) is 12.2. The van der Waals surface area contributed by atoms with Crippen LogP contribution in [-0.2, 0) is 4.79 Å². The van der Waals surface area contributed by atoms with Crippen molar-refractivity contribution in [2.24, 2.45) is 46.8 Å². The number of nitrogens with one attached hydrogen (secondary N) is 1. The summed E-state index contributed by atoms with van der Waals surface area (Å²) in [4.78, 5) is 13.4. The van der Waals surface area contributed by atoms with Crippen LogP contribution in [0.1, 0.15) is 72.1 Å². The molecule has 0 amide bonds. The van der Waals surface area contributed by atoms with Crippen molar-refractivity contribution in [2.45, 2.75) is 77.7 Å². The van der Waals surface area contributed by atoms with Gasteiger partial charge in [0.05, 0.1) is 12.1 Å². The quantitative estimate of drug-likeness (QED) is 0.596. The largest absolute Gasteiger partial charge is 0.390 e. The molecular weight excluding hydrogens is 401 g/mol. The maximum absolute atomic E-state index is 13.4. The van der Waals surface area contributed by atoms with Gasteiger partial charge in [0, 0.05) is 11.6 Å². The monoisotopic (exact) mass is 441 g/mol. The number of ketones is 1. The van der Waals surface area contributed by atoms with Crippen molar-refractivity contribution in [3.63, 3.8) is 0 Å². The Bertz CT molecular complexity index is 851. The van der Waals surface area contributed by atoms with E-state index in [1.165, 1.54) is 37.8 Å². The van der Waals surface area contributed by atoms with E-state index >= 15 is 0 Å². The zero-order valence-corrected chi connectivity index (χ0v) is 19.9. The van der Waals surface area contributed by atoms with Gasteiger partial charge in [0.1, 0.15) is 5.82 Å². The third kappa shape index (κ3) is 3.81. The summed E-state index contributed by atoms with van der Waals surface area (Å²) < 4.78 is 13.2. The highest BCUT2D eigenvalue weighted by molar-refractivity contribution is 5.86. The van der Waals surface area contributed by atoms with Crippen LogP contribution in [0.3, 0.4) is 0 Å². The zero-order valence-electron chi connectivity index (χ0n) is 19.9. The molecule has 32 heavy (non-hydrogen) atoms. The highest BCUT2D eigenvalue weighted by atomic mass is 19.1. The van der Waals surface area contributed by atoms with Crippen LogP contribution in [0.15, 0.2) is 24.3 Å². The molecule has 0 heterocycles. The minimum Gasteiger partial charge on any atom is -0.390 e. The summed E-state index contributed by atoms with van der Waals surface area (Å²) in [5.74, 6) is 4.44. The first-order valence-electron chi connectivity index (χ1n) is 12.9. The molecule has 3 nitrogen and oxygen atoms in total. The van der Waals surface area contributed by atoms with E-state index < -0.39 is 5.60 Å². The van der Waals surface area contributed by atoms with E-state index in [1.54, 1.807) is 12.1 Å². The van der Waals surface area contributed by atoms with E-state index in [-0.39, 0.29) is 17.2 Å². The lowest BCUT2D eigenvalue weighted by Crippen LogP contribution is -2.52. The molecule has 0 aromatic heterocycles. The fraction of sp³-hybridized carbons (Fsp3) is 0.750. The standard InChI is InChI=1S/C28H40FNO2/c1-17-14-24(25(31)16-30-20-7-5-19(29)6-8-20)28(3)13-11-22-21-10-12-27(2,32)15-18(21)4-9-23(22)26(17)28/h5-8,17-18,21-24,26,30,32H,4,9-16H2,1-3H3/t17-,18-,21+,22-,23-,24-,26+,27-,28-/m1/s1. The lowest BCUT2D eigenvalue weighted by molar-refractivity contribution is -0.131. The van der Waals surface area contributed by atoms with Crippen molar-refractivity contribution >= 4 is 11.5 Å². The Kier molecular flexibility index (Phi) is 5.67. The van der Waals surface area contributed by atoms with Gasteiger partial charge in [-0.15, -0.1) is 0 Å². The molecule has 2 N–H and O–H groups in total. The first-order chi connectivity index (χ1) is 15.2. The third-order valence-corrected chi connectivity index (χ3v) is 10.2. The van der Waals surface area contributed by atoms with E-state index in [0.717, 1.165) is 49.1 Å². The van der Waals surface area contributed by atoms with E-state index in [1.807, 2.05) is 6.92 Å². The van der Waals surface area contributed by atoms with Crippen LogP contribution in [-0.4, -0.2) is 23.0 Å². The molecule has 0 aliphatic heterocycles. The molecular formula is C28H40FNO2. The summed E-state index contributed by atoms with van der Waals surface area (Å²) in [5, 5.41) is 13.9. The molecule has 0 radical (unpaired) electrons. The van der Waals surface area contributed by atoms with Crippen LogP contribution < -0.4 is 5.32 Å². The molecule has 4 aliphatic rings. The topological polar surface area (TPSA) is 49.3 Å². The van der Waals surface area contributed by atoms with Crippen LogP contribution in [0.4, 0.5) is 10.1 Å². The molecule has 0 saturated heterocycles. The van der Waals surface area contributed by atoms with Crippen LogP contribution >= 0.6 is 0 Å². The lowest BCUT2D eigenvalue weighted by atomic mass is 9.48. The number of aliphatic hydroxyl groups is 1. The Hall–Kier alpha value is -1.42. The molecule has 0 unspecified atom stereocenters. The first kappa shape index (κ1) is 22.4. The molecule has 4 fully saturated rings. The Labute approximate surface area is 192 Å². The highest BCUT2D eigenvalue weighted by Crippen LogP contribution is 2.66. The Morgan fingerprint density at radius 2 is 1.78 bits per heavy atom. The third-order valence-electron chi connectivity index (χ3n) is 10.2. The summed E-state index contributed by atoms with van der Waals surface area (Å²) in [6.07, 6.45) is 9.07. The molecule has 4 heteroatoms. The summed E-state index contributed by atoms with van der Waals surface area (Å²) in [5.41, 5.74) is 0.449. The normalized spacial score (nSPS) is 45.5. The zero-order chi connectivity index (χ0) is 22.7. The van der Waals surface area contributed by atoms with Crippen molar-refractivity contribution in [3.8, 4) is 0 Å². The second kappa shape index (κ2) is 8.11. The summed E-state index contributed by atoms with van der Waals surface area (Å²) in [7, 11) is 0. The maximum Gasteiger partial charge on any atom is 0.155 e. The van der Waals surface area contributed by atoms with Gasteiger partial charge in [0.2, 0.25) is 0 Å². The van der Waals surface area contributed by atoms with Gasteiger partial charge < -0.3 is 10.4 Å². The molecule has 5 rings (SSSR count). The van der Waals surface area contributed by atoms with Gasteiger partial charge in [0.25, 0.3) is 0 Å². The van der Waals surface area contributed by atoms with Crippen LogP contribution in [0, 0.1) is 52.7 Å². The van der Waals surface area contributed by atoms with Crippen molar-refractivity contribution in [2.75, 3.05) is 11.9 Å². The van der Waals surface area contributed by atoms with Crippen LogP contribution in [0.25, 0.3) is 0 Å². The van der Waals surface area contributed by atoms with Gasteiger partial charge in [-0.3, -0.25) is 4.79 Å². The SMILES string of the molecule is C[C@@H]1C[C@H](C(=O)CNc2ccc(F)cc2)[C@@]2(C)CC[C@H]3[C@@H](CC[C@@H]4C[C@](C)(O)CC[C@@H]43)[C@H]12. The van der Waals surface area contributed by atoms with Crippen molar-refractivity contribution in [1.82, 2.24) is 0 Å². The van der Waals surface area contributed by atoms with Crippen molar-refractivity contribution in [1.29, 1.82) is 0 Å². The first-order valence-corrected chi connectivity index (χ1v) is 12.9. The molecule has 1 aromatic rings. The number of hydrogen-bond acceptors (Lipinski definition) is 3. The minimum absolute atomic E-state index is 0.106. The van der Waals surface area contributed by atoms with E-state index in [9.17, 15) is 14.3 Å². The van der Waals surface area contributed by atoms with E-state index in [4.69, 9.17) is 0 Å². The molecule has 0 bridgehead atoms. The fourth-order valence-electron chi connectivity index (χ4n) is 9.00. The summed E-state index contributed by atoms with van der Waals surface area (Å²) >= 11 is 0. The minimum atomic E-state index is -0.465. The molecule has 0 spiro atoms. The number of anilines is 1. The second-order valence-corrected chi connectivity index (χ2v) is 12.2. The average Bonchev–Trinajstić information content (AvgIpc) is 3.03. The highest BCUT2D eigenvalue weighted by Gasteiger charge is 2.60. The number of benzene rings is 1. The number of carbonyl (C=O) groups excluding carboxylic acids is 1.